The number of ether oxygens (including phenoxy) is 1. The van der Waals surface area contributed by atoms with Crippen molar-refractivity contribution in [1.82, 2.24) is 9.62 Å². The van der Waals surface area contributed by atoms with Gasteiger partial charge in [0.05, 0.1) is 18.5 Å². The molecule has 2 saturated heterocycles. The second-order valence-electron chi connectivity index (χ2n) is 7.59. The Morgan fingerprint density at radius 3 is 2.71 bits per heavy atom. The summed E-state index contributed by atoms with van der Waals surface area (Å²) in [5, 5.41) is 0. The molecule has 24 heavy (non-hydrogen) atoms. The van der Waals surface area contributed by atoms with Gasteiger partial charge in [0.25, 0.3) is 0 Å². The van der Waals surface area contributed by atoms with E-state index in [0.29, 0.717) is 19.1 Å². The molecule has 5 nitrogen and oxygen atoms in total. The van der Waals surface area contributed by atoms with Crippen molar-refractivity contribution in [2.45, 2.75) is 38.8 Å². The smallest absolute Gasteiger partial charge is 0.208 e. The number of aryl methyl sites for hydroxylation is 2. The van der Waals surface area contributed by atoms with Crippen LogP contribution >= 0.6 is 0 Å². The van der Waals surface area contributed by atoms with Gasteiger partial charge in [0.2, 0.25) is 10.0 Å². The van der Waals surface area contributed by atoms with Crippen LogP contribution in [-0.4, -0.2) is 51.4 Å². The summed E-state index contributed by atoms with van der Waals surface area (Å²) >= 11 is 0. The first-order valence-corrected chi connectivity index (χ1v) is 10.5. The van der Waals surface area contributed by atoms with Crippen molar-refractivity contribution >= 4 is 10.0 Å². The maximum atomic E-state index is 11.2. The second-order valence-corrected chi connectivity index (χ2v) is 9.43. The summed E-state index contributed by atoms with van der Waals surface area (Å²) in [6.07, 6.45) is 3.25. The summed E-state index contributed by atoms with van der Waals surface area (Å²) in [4.78, 5) is 2.44. The van der Waals surface area contributed by atoms with Crippen LogP contribution in [0.1, 0.15) is 29.5 Å². The molecule has 1 aromatic rings. The zero-order chi connectivity index (χ0) is 17.4. The third-order valence-electron chi connectivity index (χ3n) is 5.19. The molecular weight excluding hydrogens is 324 g/mol. The number of nitrogens with zero attached hydrogens (tertiary/aromatic N) is 1. The van der Waals surface area contributed by atoms with Crippen molar-refractivity contribution in [3.8, 4) is 0 Å². The second kappa shape index (κ2) is 6.75. The Morgan fingerprint density at radius 2 is 2.08 bits per heavy atom. The average molecular weight is 353 g/mol. The molecule has 2 fully saturated rings. The highest BCUT2D eigenvalue weighted by molar-refractivity contribution is 7.88. The van der Waals surface area contributed by atoms with Crippen LogP contribution in [0.25, 0.3) is 0 Å². The van der Waals surface area contributed by atoms with Crippen LogP contribution in [0.5, 0.6) is 0 Å². The highest BCUT2D eigenvalue weighted by atomic mass is 32.2. The van der Waals surface area contributed by atoms with Crippen LogP contribution in [0, 0.1) is 19.8 Å². The molecule has 0 saturated carbocycles. The van der Waals surface area contributed by atoms with E-state index in [1.54, 1.807) is 0 Å². The zero-order valence-electron chi connectivity index (χ0n) is 14.8. The van der Waals surface area contributed by atoms with E-state index in [1.165, 1.54) is 22.9 Å². The highest BCUT2D eigenvalue weighted by Crippen LogP contribution is 2.36. The van der Waals surface area contributed by atoms with E-state index in [4.69, 9.17) is 4.74 Å². The Bertz CT molecular complexity index is 686. The van der Waals surface area contributed by atoms with Crippen LogP contribution < -0.4 is 4.72 Å². The summed E-state index contributed by atoms with van der Waals surface area (Å²) in [7, 11) is -3.11. The fourth-order valence-corrected chi connectivity index (χ4v) is 4.23. The molecular formula is C18H28N2O3S. The molecule has 0 unspecified atom stereocenters. The van der Waals surface area contributed by atoms with E-state index in [2.05, 4.69) is 41.7 Å². The van der Waals surface area contributed by atoms with E-state index in [9.17, 15) is 8.42 Å². The van der Waals surface area contributed by atoms with Gasteiger partial charge < -0.3 is 4.74 Å². The van der Waals surface area contributed by atoms with Crippen molar-refractivity contribution in [3.05, 3.63) is 34.9 Å². The van der Waals surface area contributed by atoms with Gasteiger partial charge in [0, 0.05) is 26.2 Å². The fraction of sp³-hybridized carbons (Fsp3) is 0.667. The normalized spacial score (nSPS) is 24.0. The van der Waals surface area contributed by atoms with E-state index < -0.39 is 10.0 Å². The minimum atomic E-state index is -3.11. The van der Waals surface area contributed by atoms with E-state index in [1.807, 2.05) is 0 Å². The SMILES string of the molecule is Cc1ccc(C)c(CN2CC3(CC[C@@H](CNS(C)(=O)=O)CO3)C2)c1. The van der Waals surface area contributed by atoms with Gasteiger partial charge >= 0.3 is 0 Å². The van der Waals surface area contributed by atoms with Crippen molar-refractivity contribution in [1.29, 1.82) is 0 Å². The number of hydrogen-bond donors (Lipinski definition) is 1. The van der Waals surface area contributed by atoms with Crippen molar-refractivity contribution < 1.29 is 13.2 Å². The van der Waals surface area contributed by atoms with Crippen molar-refractivity contribution in [2.24, 2.45) is 5.92 Å². The molecule has 1 atom stereocenters. The topological polar surface area (TPSA) is 58.6 Å². The molecule has 0 aliphatic carbocycles. The zero-order valence-corrected chi connectivity index (χ0v) is 15.7. The minimum Gasteiger partial charge on any atom is -0.372 e. The Labute approximate surface area is 145 Å². The third kappa shape index (κ3) is 4.36. The van der Waals surface area contributed by atoms with Crippen LogP contribution in [0.4, 0.5) is 0 Å². The van der Waals surface area contributed by atoms with Gasteiger partial charge in [0.15, 0.2) is 0 Å². The molecule has 0 bridgehead atoms. The van der Waals surface area contributed by atoms with Gasteiger partial charge in [-0.3, -0.25) is 4.90 Å². The molecule has 0 aromatic heterocycles. The number of hydrogen-bond acceptors (Lipinski definition) is 4. The van der Waals surface area contributed by atoms with Gasteiger partial charge in [-0.25, -0.2) is 13.1 Å². The first-order valence-electron chi connectivity index (χ1n) is 8.62. The lowest BCUT2D eigenvalue weighted by molar-refractivity contribution is -0.181. The number of benzene rings is 1. The quantitative estimate of drug-likeness (QED) is 0.878. The lowest BCUT2D eigenvalue weighted by Gasteiger charge is -2.53. The van der Waals surface area contributed by atoms with E-state index in [0.717, 1.165) is 32.5 Å². The third-order valence-corrected chi connectivity index (χ3v) is 5.88. The van der Waals surface area contributed by atoms with Crippen LogP contribution in [0.15, 0.2) is 18.2 Å². The predicted octanol–water partition coefficient (Wildman–Crippen LogP) is 1.83. The van der Waals surface area contributed by atoms with Gasteiger partial charge in [-0.2, -0.15) is 0 Å². The average Bonchev–Trinajstić information content (AvgIpc) is 2.48. The Balaban J connectivity index is 1.46. The summed E-state index contributed by atoms with van der Waals surface area (Å²) in [5.41, 5.74) is 4.05. The monoisotopic (exact) mass is 352 g/mol. The van der Waals surface area contributed by atoms with Crippen molar-refractivity contribution in [3.63, 3.8) is 0 Å². The Kier molecular flexibility index (Phi) is 5.02. The van der Waals surface area contributed by atoms with Gasteiger partial charge in [0.1, 0.15) is 0 Å². The summed E-state index contributed by atoms with van der Waals surface area (Å²) in [6.45, 7) is 8.38. The van der Waals surface area contributed by atoms with Crippen molar-refractivity contribution in [2.75, 3.05) is 32.5 Å². The lowest BCUT2D eigenvalue weighted by atomic mass is 9.82. The molecule has 2 heterocycles. The number of nitrogens with one attached hydrogen (secondary N) is 1. The summed E-state index contributed by atoms with van der Waals surface area (Å²) in [6, 6.07) is 6.62. The highest BCUT2D eigenvalue weighted by Gasteiger charge is 2.46. The summed E-state index contributed by atoms with van der Waals surface area (Å²) < 4.78 is 31.1. The predicted molar refractivity (Wildman–Crippen MR) is 95.4 cm³/mol. The molecule has 0 radical (unpaired) electrons. The van der Waals surface area contributed by atoms with Crippen LogP contribution in [0.2, 0.25) is 0 Å². The number of rotatable bonds is 5. The van der Waals surface area contributed by atoms with Crippen LogP contribution in [0.3, 0.4) is 0 Å². The molecule has 134 valence electrons. The molecule has 1 spiro atoms. The lowest BCUT2D eigenvalue weighted by Crippen LogP contribution is -2.64. The van der Waals surface area contributed by atoms with E-state index >= 15 is 0 Å². The maximum absolute atomic E-state index is 11.2. The molecule has 1 aromatic carbocycles. The number of likely N-dealkylation sites (tertiary alicyclic amines) is 1. The van der Waals surface area contributed by atoms with Gasteiger partial charge in [-0.05, 0) is 43.7 Å². The number of sulfonamides is 1. The molecule has 1 N–H and O–H groups in total. The molecule has 3 rings (SSSR count). The molecule has 2 aliphatic heterocycles. The summed E-state index contributed by atoms with van der Waals surface area (Å²) in [5.74, 6) is 0.290. The first-order chi connectivity index (χ1) is 11.2. The van der Waals surface area contributed by atoms with Gasteiger partial charge in [-0.15, -0.1) is 0 Å². The largest absolute Gasteiger partial charge is 0.372 e. The molecule has 2 aliphatic rings. The fourth-order valence-electron chi connectivity index (χ4n) is 3.69. The molecule has 6 heteroatoms. The Morgan fingerprint density at radius 1 is 1.33 bits per heavy atom. The van der Waals surface area contributed by atoms with Crippen LogP contribution in [-0.2, 0) is 21.3 Å². The maximum Gasteiger partial charge on any atom is 0.208 e. The van der Waals surface area contributed by atoms with E-state index in [-0.39, 0.29) is 5.60 Å². The van der Waals surface area contributed by atoms with Gasteiger partial charge in [-0.1, -0.05) is 23.8 Å². The first kappa shape index (κ1) is 17.9. The Hall–Kier alpha value is -0.950. The minimum absolute atomic E-state index is 0.000675. The molecule has 0 amide bonds. The standard InChI is InChI=1S/C18H28N2O3S/c1-14-4-5-15(2)17(8-14)10-20-12-18(13-20)7-6-16(11-23-18)9-19-24(3,21)22/h4-5,8,16,19H,6-7,9-13H2,1-3H3/t16-/m0/s1.